The molecule has 1 N–H and O–H groups in total. The zero-order valence-electron chi connectivity index (χ0n) is 19.4. The van der Waals surface area contributed by atoms with Gasteiger partial charge in [0.1, 0.15) is 5.75 Å². The number of aryl methyl sites for hydroxylation is 1. The fourth-order valence-corrected chi connectivity index (χ4v) is 4.44. The van der Waals surface area contributed by atoms with Gasteiger partial charge in [0.05, 0.1) is 12.2 Å². The molecule has 0 radical (unpaired) electrons. The van der Waals surface area contributed by atoms with Crippen molar-refractivity contribution in [3.05, 3.63) is 65.2 Å². The molecule has 0 aliphatic carbocycles. The number of hydrogen-bond donors (Lipinski definition) is 1. The van der Waals surface area contributed by atoms with Crippen LogP contribution < -0.4 is 10.1 Å². The van der Waals surface area contributed by atoms with Gasteiger partial charge in [0.2, 0.25) is 0 Å². The first-order chi connectivity index (χ1) is 14.4. The second-order valence-electron chi connectivity index (χ2n) is 9.49. The van der Waals surface area contributed by atoms with E-state index in [0.717, 1.165) is 44.7 Å². The van der Waals surface area contributed by atoms with Crippen LogP contribution in [0.4, 0.5) is 0 Å². The van der Waals surface area contributed by atoms with Crippen molar-refractivity contribution >= 4 is 0 Å². The zero-order valence-corrected chi connectivity index (χ0v) is 19.4. The summed E-state index contributed by atoms with van der Waals surface area (Å²) in [5, 5.41) is 3.68. The summed E-state index contributed by atoms with van der Waals surface area (Å²) in [6.07, 6.45) is 3.89. The SMILES string of the molecule is Cc1ccc([C@]2(CCNCc3ccc(OC(C)C)cc3)CCO[C@H](C(C)C)C2)cc1. The molecule has 0 saturated carbocycles. The average molecular weight is 410 g/mol. The quantitative estimate of drug-likeness (QED) is 0.513. The Hall–Kier alpha value is -1.84. The first kappa shape index (κ1) is 22.8. The molecule has 1 fully saturated rings. The molecule has 0 bridgehead atoms. The molecule has 0 spiro atoms. The normalized spacial score (nSPS) is 21.9. The molecule has 30 heavy (non-hydrogen) atoms. The van der Waals surface area contributed by atoms with Crippen LogP contribution in [0, 0.1) is 12.8 Å². The third-order valence-corrected chi connectivity index (χ3v) is 6.32. The van der Waals surface area contributed by atoms with Crippen LogP contribution in [0.25, 0.3) is 0 Å². The first-order valence-corrected chi connectivity index (χ1v) is 11.5. The van der Waals surface area contributed by atoms with E-state index in [4.69, 9.17) is 9.47 Å². The van der Waals surface area contributed by atoms with Crippen molar-refractivity contribution in [2.45, 2.75) is 78.0 Å². The summed E-state index contributed by atoms with van der Waals surface area (Å²) in [4.78, 5) is 0. The molecule has 3 rings (SSSR count). The number of benzene rings is 2. The van der Waals surface area contributed by atoms with E-state index in [9.17, 15) is 0 Å². The van der Waals surface area contributed by atoms with Crippen LogP contribution in [0.15, 0.2) is 48.5 Å². The van der Waals surface area contributed by atoms with E-state index in [1.165, 1.54) is 16.7 Å². The molecule has 2 aromatic rings. The lowest BCUT2D eigenvalue weighted by atomic mass is 9.68. The molecule has 1 aliphatic heterocycles. The summed E-state index contributed by atoms with van der Waals surface area (Å²) in [7, 11) is 0. The minimum absolute atomic E-state index is 0.197. The van der Waals surface area contributed by atoms with Gasteiger partial charge in [0.15, 0.2) is 0 Å². The van der Waals surface area contributed by atoms with E-state index < -0.39 is 0 Å². The van der Waals surface area contributed by atoms with Crippen LogP contribution in [0.3, 0.4) is 0 Å². The van der Waals surface area contributed by atoms with E-state index in [-0.39, 0.29) is 11.5 Å². The van der Waals surface area contributed by atoms with Gasteiger partial charge in [-0.2, -0.15) is 0 Å². The molecule has 1 saturated heterocycles. The largest absolute Gasteiger partial charge is 0.491 e. The Labute approximate surface area is 183 Å². The maximum absolute atomic E-state index is 6.12. The lowest BCUT2D eigenvalue weighted by Gasteiger charge is -2.43. The Morgan fingerprint density at radius 2 is 1.73 bits per heavy atom. The maximum Gasteiger partial charge on any atom is 0.119 e. The van der Waals surface area contributed by atoms with Gasteiger partial charge in [0.25, 0.3) is 0 Å². The Balaban J connectivity index is 1.62. The van der Waals surface area contributed by atoms with Crippen LogP contribution in [0.1, 0.15) is 63.6 Å². The molecule has 3 heteroatoms. The zero-order chi connectivity index (χ0) is 21.6. The fourth-order valence-electron chi connectivity index (χ4n) is 4.44. The molecule has 0 unspecified atom stereocenters. The third kappa shape index (κ3) is 6.09. The minimum atomic E-state index is 0.197. The van der Waals surface area contributed by atoms with E-state index in [1.54, 1.807) is 0 Å². The van der Waals surface area contributed by atoms with Crippen molar-refractivity contribution < 1.29 is 9.47 Å². The van der Waals surface area contributed by atoms with E-state index in [1.807, 2.05) is 0 Å². The number of hydrogen-bond acceptors (Lipinski definition) is 3. The molecule has 2 atom stereocenters. The summed E-state index contributed by atoms with van der Waals surface area (Å²) in [6, 6.07) is 17.6. The highest BCUT2D eigenvalue weighted by molar-refractivity contribution is 5.30. The van der Waals surface area contributed by atoms with Crippen molar-refractivity contribution in [1.82, 2.24) is 5.32 Å². The van der Waals surface area contributed by atoms with E-state index in [0.29, 0.717) is 12.0 Å². The molecule has 2 aromatic carbocycles. The van der Waals surface area contributed by atoms with Crippen LogP contribution in [0.2, 0.25) is 0 Å². The number of nitrogens with one attached hydrogen (secondary N) is 1. The molecule has 1 heterocycles. The lowest BCUT2D eigenvalue weighted by Crippen LogP contribution is -2.42. The summed E-state index contributed by atoms with van der Waals surface area (Å²) in [5.41, 5.74) is 4.29. The van der Waals surface area contributed by atoms with Gasteiger partial charge in [-0.05, 0) is 75.8 Å². The standard InChI is InChI=1S/C27H39NO2/c1-20(2)26-18-27(15-17-29-26,24-10-6-22(5)7-11-24)14-16-28-19-23-8-12-25(13-9-23)30-21(3)4/h6-13,20-21,26,28H,14-19H2,1-5H3/t26-,27+/m0/s1. The van der Waals surface area contributed by atoms with Gasteiger partial charge < -0.3 is 14.8 Å². The molecule has 164 valence electrons. The smallest absolute Gasteiger partial charge is 0.119 e. The van der Waals surface area contributed by atoms with Crippen LogP contribution in [0.5, 0.6) is 5.75 Å². The van der Waals surface area contributed by atoms with Crippen molar-refractivity contribution in [2.75, 3.05) is 13.2 Å². The van der Waals surface area contributed by atoms with Crippen LogP contribution in [-0.4, -0.2) is 25.4 Å². The van der Waals surface area contributed by atoms with Gasteiger partial charge in [-0.3, -0.25) is 0 Å². The van der Waals surface area contributed by atoms with Crippen molar-refractivity contribution in [2.24, 2.45) is 5.92 Å². The molecule has 1 aliphatic rings. The summed E-state index contributed by atoms with van der Waals surface area (Å²) >= 11 is 0. The Bertz CT molecular complexity index is 766. The van der Waals surface area contributed by atoms with Crippen molar-refractivity contribution in [3.63, 3.8) is 0 Å². The highest BCUT2D eigenvalue weighted by atomic mass is 16.5. The Kier molecular flexibility index (Phi) is 7.96. The number of ether oxygens (including phenoxy) is 2. The highest BCUT2D eigenvalue weighted by Gasteiger charge is 2.39. The van der Waals surface area contributed by atoms with Crippen LogP contribution in [-0.2, 0) is 16.7 Å². The summed E-state index contributed by atoms with van der Waals surface area (Å²) in [6.45, 7) is 13.6. The van der Waals surface area contributed by atoms with Crippen molar-refractivity contribution in [1.29, 1.82) is 0 Å². The van der Waals surface area contributed by atoms with Crippen LogP contribution >= 0.6 is 0 Å². The number of rotatable bonds is 9. The summed E-state index contributed by atoms with van der Waals surface area (Å²) in [5.74, 6) is 1.49. The molecular weight excluding hydrogens is 370 g/mol. The van der Waals surface area contributed by atoms with Gasteiger partial charge >= 0.3 is 0 Å². The predicted octanol–water partition coefficient (Wildman–Crippen LogP) is 6.03. The molecule has 0 amide bonds. The third-order valence-electron chi connectivity index (χ3n) is 6.32. The monoisotopic (exact) mass is 409 g/mol. The van der Waals surface area contributed by atoms with Gasteiger partial charge in [0, 0.05) is 18.6 Å². The summed E-state index contributed by atoms with van der Waals surface area (Å²) < 4.78 is 11.9. The Morgan fingerprint density at radius 1 is 1.03 bits per heavy atom. The molecule has 3 nitrogen and oxygen atoms in total. The fraction of sp³-hybridized carbons (Fsp3) is 0.556. The van der Waals surface area contributed by atoms with Gasteiger partial charge in [-0.25, -0.2) is 0 Å². The highest BCUT2D eigenvalue weighted by Crippen LogP contribution is 2.41. The minimum Gasteiger partial charge on any atom is -0.491 e. The molecular formula is C27H39NO2. The molecule has 0 aromatic heterocycles. The van der Waals surface area contributed by atoms with Crippen molar-refractivity contribution in [3.8, 4) is 5.75 Å². The second kappa shape index (κ2) is 10.5. The lowest BCUT2D eigenvalue weighted by molar-refractivity contribution is -0.0469. The van der Waals surface area contributed by atoms with Gasteiger partial charge in [-0.15, -0.1) is 0 Å². The Morgan fingerprint density at radius 3 is 2.37 bits per heavy atom. The van der Waals surface area contributed by atoms with E-state index in [2.05, 4.69) is 88.5 Å². The first-order valence-electron chi connectivity index (χ1n) is 11.5. The predicted molar refractivity (Wildman–Crippen MR) is 125 cm³/mol. The topological polar surface area (TPSA) is 30.5 Å². The maximum atomic E-state index is 6.12. The van der Waals surface area contributed by atoms with Gasteiger partial charge in [-0.1, -0.05) is 55.8 Å². The second-order valence-corrected chi connectivity index (χ2v) is 9.49. The average Bonchev–Trinajstić information content (AvgIpc) is 2.72. The van der Waals surface area contributed by atoms with E-state index >= 15 is 0 Å².